The number of nitrogens with zero attached hydrogens (tertiary/aromatic N) is 2. The Bertz CT molecular complexity index is 1430. The summed E-state index contributed by atoms with van der Waals surface area (Å²) in [6.45, 7) is 5.21. The van der Waals surface area contributed by atoms with Crippen LogP contribution in [-0.2, 0) is 26.2 Å². The lowest BCUT2D eigenvalue weighted by Gasteiger charge is -2.32. The second-order valence-electron chi connectivity index (χ2n) is 9.83. The lowest BCUT2D eigenvalue weighted by Crippen LogP contribution is -2.51. The van der Waals surface area contributed by atoms with E-state index >= 15 is 0 Å². The first-order valence-corrected chi connectivity index (χ1v) is 14.5. The molecule has 0 saturated heterocycles. The zero-order chi connectivity index (χ0) is 30.2. The highest BCUT2D eigenvalue weighted by molar-refractivity contribution is 7.92. The van der Waals surface area contributed by atoms with Crippen LogP contribution < -0.4 is 19.1 Å². The van der Waals surface area contributed by atoms with Crippen LogP contribution in [0.15, 0.2) is 77.7 Å². The Hall–Kier alpha value is -4.12. The summed E-state index contributed by atoms with van der Waals surface area (Å²) < 4.78 is 53.0. The first-order valence-electron chi connectivity index (χ1n) is 13.1. The van der Waals surface area contributed by atoms with Crippen LogP contribution in [0.5, 0.6) is 11.5 Å². The van der Waals surface area contributed by atoms with E-state index in [1.54, 1.807) is 31.2 Å². The van der Waals surface area contributed by atoms with Gasteiger partial charge in [-0.1, -0.05) is 44.2 Å². The van der Waals surface area contributed by atoms with Gasteiger partial charge < -0.3 is 19.7 Å². The molecule has 0 aliphatic carbocycles. The predicted molar refractivity (Wildman–Crippen MR) is 155 cm³/mol. The van der Waals surface area contributed by atoms with E-state index in [4.69, 9.17) is 9.47 Å². The molecular formula is C30H36FN3O6S. The minimum absolute atomic E-state index is 0.0182. The van der Waals surface area contributed by atoms with E-state index in [-0.39, 0.29) is 28.8 Å². The molecule has 11 heteroatoms. The molecule has 220 valence electrons. The summed E-state index contributed by atoms with van der Waals surface area (Å²) in [5.74, 6) is -0.622. The lowest BCUT2D eigenvalue weighted by atomic mass is 10.1. The molecule has 0 unspecified atom stereocenters. The molecule has 0 saturated carbocycles. The number of anilines is 1. The van der Waals surface area contributed by atoms with Crippen molar-refractivity contribution in [1.82, 2.24) is 10.2 Å². The summed E-state index contributed by atoms with van der Waals surface area (Å²) in [5, 5.41) is 2.83. The zero-order valence-corrected chi connectivity index (χ0v) is 24.7. The predicted octanol–water partition coefficient (Wildman–Crippen LogP) is 4.23. The molecule has 0 fully saturated rings. The number of hydrogen-bond acceptors (Lipinski definition) is 6. The molecule has 9 nitrogen and oxygen atoms in total. The number of nitrogens with one attached hydrogen (secondary N) is 1. The van der Waals surface area contributed by atoms with Gasteiger partial charge in [-0.15, -0.1) is 0 Å². The molecule has 0 heterocycles. The van der Waals surface area contributed by atoms with Crippen LogP contribution >= 0.6 is 0 Å². The third kappa shape index (κ3) is 7.97. The number of rotatable bonds is 13. The van der Waals surface area contributed by atoms with Crippen molar-refractivity contribution in [2.24, 2.45) is 5.92 Å². The van der Waals surface area contributed by atoms with Crippen molar-refractivity contribution in [3.8, 4) is 11.5 Å². The number of halogens is 1. The van der Waals surface area contributed by atoms with Gasteiger partial charge in [-0.3, -0.25) is 13.9 Å². The topological polar surface area (TPSA) is 105 Å². The SMILES string of the molecule is COc1ccc(N(CC(=O)N(Cc2ccc(F)cc2)[C@@H](C)C(=O)NCC(C)C)S(=O)(=O)c2ccccc2)cc1OC. The van der Waals surface area contributed by atoms with Crippen molar-refractivity contribution in [2.45, 2.75) is 38.3 Å². The molecule has 41 heavy (non-hydrogen) atoms. The van der Waals surface area contributed by atoms with Gasteiger partial charge in [-0.25, -0.2) is 12.8 Å². The molecule has 0 spiro atoms. The molecule has 1 atom stereocenters. The third-order valence-electron chi connectivity index (χ3n) is 6.38. The summed E-state index contributed by atoms with van der Waals surface area (Å²) in [7, 11) is -1.36. The molecule has 3 aromatic carbocycles. The summed E-state index contributed by atoms with van der Waals surface area (Å²) in [4.78, 5) is 28.3. The zero-order valence-electron chi connectivity index (χ0n) is 23.8. The van der Waals surface area contributed by atoms with Gasteiger partial charge in [0.15, 0.2) is 11.5 Å². The van der Waals surface area contributed by atoms with Gasteiger partial charge in [-0.05, 0) is 54.8 Å². The second-order valence-corrected chi connectivity index (χ2v) is 11.7. The van der Waals surface area contributed by atoms with Crippen molar-refractivity contribution in [3.63, 3.8) is 0 Å². The maximum Gasteiger partial charge on any atom is 0.264 e. The van der Waals surface area contributed by atoms with E-state index in [0.29, 0.717) is 17.9 Å². The highest BCUT2D eigenvalue weighted by Crippen LogP contribution is 2.34. The number of carbonyl (C=O) groups is 2. The number of ether oxygens (including phenoxy) is 2. The molecule has 3 aromatic rings. The molecule has 0 radical (unpaired) electrons. The monoisotopic (exact) mass is 585 g/mol. The Morgan fingerprint density at radius 1 is 0.902 bits per heavy atom. The number of sulfonamides is 1. The summed E-state index contributed by atoms with van der Waals surface area (Å²) in [5.41, 5.74) is 0.741. The number of carbonyl (C=O) groups excluding carboxylic acids is 2. The van der Waals surface area contributed by atoms with E-state index in [0.717, 1.165) is 4.31 Å². The minimum atomic E-state index is -4.23. The fourth-order valence-corrected chi connectivity index (χ4v) is 5.48. The minimum Gasteiger partial charge on any atom is -0.493 e. The van der Waals surface area contributed by atoms with Crippen LogP contribution in [0.2, 0.25) is 0 Å². The second kappa shape index (κ2) is 14.0. The van der Waals surface area contributed by atoms with Gasteiger partial charge in [0.25, 0.3) is 10.0 Å². The first-order chi connectivity index (χ1) is 19.5. The van der Waals surface area contributed by atoms with Crippen molar-refractivity contribution in [3.05, 3.63) is 84.2 Å². The number of benzene rings is 3. The Labute approximate surface area is 240 Å². The Kier molecular flexibility index (Phi) is 10.7. The van der Waals surface area contributed by atoms with Gasteiger partial charge >= 0.3 is 0 Å². The van der Waals surface area contributed by atoms with Gasteiger partial charge in [0.2, 0.25) is 11.8 Å². The smallest absolute Gasteiger partial charge is 0.264 e. The highest BCUT2D eigenvalue weighted by Gasteiger charge is 2.33. The number of amides is 2. The van der Waals surface area contributed by atoms with Gasteiger partial charge in [-0.2, -0.15) is 0 Å². The fourth-order valence-electron chi connectivity index (χ4n) is 4.05. The molecule has 0 aromatic heterocycles. The van der Waals surface area contributed by atoms with Crippen LogP contribution in [0, 0.1) is 11.7 Å². The normalized spacial score (nSPS) is 12.0. The maximum absolute atomic E-state index is 13.9. The van der Waals surface area contributed by atoms with Crippen LogP contribution in [0.25, 0.3) is 0 Å². The molecule has 0 aliphatic rings. The van der Waals surface area contributed by atoms with E-state index in [2.05, 4.69) is 5.32 Å². The Morgan fingerprint density at radius 2 is 1.54 bits per heavy atom. The van der Waals surface area contributed by atoms with Crippen molar-refractivity contribution in [1.29, 1.82) is 0 Å². The van der Waals surface area contributed by atoms with E-state index in [9.17, 15) is 22.4 Å². The number of methoxy groups -OCH3 is 2. The molecule has 3 rings (SSSR count). The molecule has 0 bridgehead atoms. The van der Waals surface area contributed by atoms with Crippen molar-refractivity contribution < 1.29 is 31.9 Å². The standard InChI is InChI=1S/C30H36FN3O6S/c1-21(2)18-32-30(36)22(3)33(19-23-11-13-24(31)14-12-23)29(35)20-34(41(37,38)26-9-7-6-8-10-26)25-15-16-27(39-4)28(17-25)40-5/h6-17,21-22H,18-20H2,1-5H3,(H,32,36)/t22-/m0/s1. The molecule has 1 N–H and O–H groups in total. The largest absolute Gasteiger partial charge is 0.493 e. The number of hydrogen-bond donors (Lipinski definition) is 1. The molecule has 0 aliphatic heterocycles. The van der Waals surface area contributed by atoms with Crippen LogP contribution in [0.4, 0.5) is 10.1 Å². The van der Waals surface area contributed by atoms with Crippen LogP contribution in [0.1, 0.15) is 26.3 Å². The summed E-state index contributed by atoms with van der Waals surface area (Å²) in [6, 6.07) is 16.9. The fraction of sp³-hybridized carbons (Fsp3) is 0.333. The lowest BCUT2D eigenvalue weighted by molar-refractivity contribution is -0.139. The highest BCUT2D eigenvalue weighted by atomic mass is 32.2. The quantitative estimate of drug-likeness (QED) is 0.322. The average Bonchev–Trinajstić information content (AvgIpc) is 2.97. The van der Waals surface area contributed by atoms with Crippen molar-refractivity contribution >= 4 is 27.5 Å². The van der Waals surface area contributed by atoms with Gasteiger partial charge in [0, 0.05) is 19.2 Å². The van der Waals surface area contributed by atoms with E-state index in [1.807, 2.05) is 13.8 Å². The first kappa shape index (κ1) is 31.4. The third-order valence-corrected chi connectivity index (χ3v) is 8.17. The Balaban J connectivity index is 2.05. The molecule has 2 amide bonds. The van der Waals surface area contributed by atoms with Gasteiger partial charge in [0.05, 0.1) is 24.8 Å². The van der Waals surface area contributed by atoms with Gasteiger partial charge in [0.1, 0.15) is 18.4 Å². The van der Waals surface area contributed by atoms with Crippen LogP contribution in [-0.4, -0.2) is 58.5 Å². The average molecular weight is 586 g/mol. The molecular weight excluding hydrogens is 549 g/mol. The summed E-state index contributed by atoms with van der Waals surface area (Å²) >= 11 is 0. The van der Waals surface area contributed by atoms with E-state index < -0.39 is 40.2 Å². The van der Waals surface area contributed by atoms with Crippen LogP contribution in [0.3, 0.4) is 0 Å². The maximum atomic E-state index is 13.9. The summed E-state index contributed by atoms with van der Waals surface area (Å²) in [6.07, 6.45) is 0. The Morgan fingerprint density at radius 3 is 2.12 bits per heavy atom. The van der Waals surface area contributed by atoms with Crippen molar-refractivity contribution in [2.75, 3.05) is 31.6 Å². The van der Waals surface area contributed by atoms with E-state index in [1.165, 1.54) is 67.7 Å².